The molecule has 1 N–H and O–H groups in total. The van der Waals surface area contributed by atoms with Crippen LogP contribution in [0.2, 0.25) is 0 Å². The number of carbonyl (C=O) groups is 1. The Morgan fingerprint density at radius 2 is 2.33 bits per heavy atom. The molecule has 0 spiro atoms. The molecule has 1 heterocycles. The Morgan fingerprint density at radius 1 is 1.67 bits per heavy atom. The first-order valence-corrected chi connectivity index (χ1v) is 4.51. The highest BCUT2D eigenvalue weighted by Gasteiger charge is 2.26. The highest BCUT2D eigenvalue weighted by Crippen LogP contribution is 2.25. The first-order chi connectivity index (χ1) is 7.15. The minimum atomic E-state index is -1.37. The first-order valence-electron chi connectivity index (χ1n) is 4.51. The third-order valence-electron chi connectivity index (χ3n) is 2.05. The molecular weight excluding hydrogens is 200 g/mol. The van der Waals surface area contributed by atoms with Gasteiger partial charge in [-0.25, -0.2) is 4.79 Å². The minimum absolute atomic E-state index is 0.312. The van der Waals surface area contributed by atoms with E-state index < -0.39 is 12.1 Å². The number of aliphatic hydroxyl groups excluding tert-OH is 1. The van der Waals surface area contributed by atoms with Gasteiger partial charge in [-0.1, -0.05) is 0 Å². The van der Waals surface area contributed by atoms with Crippen LogP contribution in [0.25, 0.3) is 0 Å². The van der Waals surface area contributed by atoms with Crippen molar-refractivity contribution in [2.75, 3.05) is 14.2 Å². The number of aryl methyl sites for hydroxylation is 1. The molecule has 0 amide bonds. The Labute approximate surface area is 87.4 Å². The maximum absolute atomic E-state index is 11.2. The summed E-state index contributed by atoms with van der Waals surface area (Å²) in [6.07, 6.45) is 0.0812. The molecule has 0 aliphatic carbocycles. The molecule has 0 saturated heterocycles. The summed E-state index contributed by atoms with van der Waals surface area (Å²) in [6, 6.07) is 0. The lowest BCUT2D eigenvalue weighted by molar-refractivity contribution is -0.151. The van der Waals surface area contributed by atoms with E-state index in [9.17, 15) is 9.90 Å². The molecule has 0 aliphatic heterocycles. The SMILES string of the molecule is CCn1ncc(OC)c1C(O)C(=O)OC. The molecule has 0 fully saturated rings. The number of methoxy groups -OCH3 is 2. The molecule has 0 aliphatic rings. The van der Waals surface area contributed by atoms with Gasteiger partial charge in [-0.15, -0.1) is 0 Å². The Bertz CT molecular complexity index is 326. The summed E-state index contributed by atoms with van der Waals surface area (Å²) in [4.78, 5) is 11.2. The highest BCUT2D eigenvalue weighted by molar-refractivity contribution is 5.76. The molecule has 84 valence electrons. The van der Waals surface area contributed by atoms with E-state index in [4.69, 9.17) is 4.74 Å². The second-order valence-corrected chi connectivity index (χ2v) is 2.84. The van der Waals surface area contributed by atoms with Crippen molar-refractivity contribution in [3.8, 4) is 5.75 Å². The molecule has 1 rings (SSSR count). The van der Waals surface area contributed by atoms with E-state index in [0.717, 1.165) is 0 Å². The third kappa shape index (κ3) is 2.10. The van der Waals surface area contributed by atoms with E-state index in [1.54, 1.807) is 0 Å². The molecule has 0 bridgehead atoms. The van der Waals surface area contributed by atoms with Crippen LogP contribution >= 0.6 is 0 Å². The van der Waals surface area contributed by atoms with Gasteiger partial charge in [-0.05, 0) is 6.92 Å². The van der Waals surface area contributed by atoms with Crippen LogP contribution in [0.5, 0.6) is 5.75 Å². The van der Waals surface area contributed by atoms with Crippen molar-refractivity contribution in [1.29, 1.82) is 0 Å². The number of aliphatic hydroxyl groups is 1. The van der Waals surface area contributed by atoms with Gasteiger partial charge < -0.3 is 14.6 Å². The van der Waals surface area contributed by atoms with E-state index in [1.165, 1.54) is 25.1 Å². The molecule has 1 aromatic heterocycles. The van der Waals surface area contributed by atoms with Gasteiger partial charge in [-0.2, -0.15) is 5.10 Å². The number of rotatable bonds is 4. The molecule has 1 unspecified atom stereocenters. The summed E-state index contributed by atoms with van der Waals surface area (Å²) >= 11 is 0. The predicted molar refractivity (Wildman–Crippen MR) is 51.4 cm³/mol. The van der Waals surface area contributed by atoms with Crippen molar-refractivity contribution in [2.24, 2.45) is 0 Å². The summed E-state index contributed by atoms with van der Waals surface area (Å²) in [6.45, 7) is 2.38. The van der Waals surface area contributed by atoms with E-state index in [-0.39, 0.29) is 0 Å². The van der Waals surface area contributed by atoms with Gasteiger partial charge in [0, 0.05) is 6.54 Å². The van der Waals surface area contributed by atoms with Crippen LogP contribution in [0.3, 0.4) is 0 Å². The van der Waals surface area contributed by atoms with Crippen LogP contribution in [0.4, 0.5) is 0 Å². The van der Waals surface area contributed by atoms with Gasteiger partial charge in [0.15, 0.2) is 11.9 Å². The molecule has 6 heteroatoms. The predicted octanol–water partition coefficient (Wildman–Crippen LogP) is 0.118. The fourth-order valence-corrected chi connectivity index (χ4v) is 1.29. The monoisotopic (exact) mass is 214 g/mol. The van der Waals surface area contributed by atoms with Crippen LogP contribution in [0.1, 0.15) is 18.7 Å². The third-order valence-corrected chi connectivity index (χ3v) is 2.05. The molecule has 15 heavy (non-hydrogen) atoms. The number of hydrogen-bond donors (Lipinski definition) is 1. The lowest BCUT2D eigenvalue weighted by atomic mass is 10.2. The van der Waals surface area contributed by atoms with E-state index in [2.05, 4.69) is 9.84 Å². The van der Waals surface area contributed by atoms with Crippen LogP contribution in [0, 0.1) is 0 Å². The molecule has 0 aromatic carbocycles. The van der Waals surface area contributed by atoms with Crippen molar-refractivity contribution in [2.45, 2.75) is 19.6 Å². The molecular formula is C9H14N2O4. The maximum Gasteiger partial charge on any atom is 0.341 e. The number of aromatic nitrogens is 2. The largest absolute Gasteiger partial charge is 0.493 e. The second kappa shape index (κ2) is 4.79. The molecule has 0 radical (unpaired) electrons. The van der Waals surface area contributed by atoms with Crippen molar-refractivity contribution in [3.63, 3.8) is 0 Å². The zero-order chi connectivity index (χ0) is 11.4. The van der Waals surface area contributed by atoms with Gasteiger partial charge in [0.25, 0.3) is 0 Å². The van der Waals surface area contributed by atoms with Gasteiger partial charge >= 0.3 is 5.97 Å². The van der Waals surface area contributed by atoms with Crippen LogP contribution in [0.15, 0.2) is 6.20 Å². The fourth-order valence-electron chi connectivity index (χ4n) is 1.29. The number of carbonyl (C=O) groups excluding carboxylic acids is 1. The smallest absolute Gasteiger partial charge is 0.341 e. The minimum Gasteiger partial charge on any atom is -0.493 e. The zero-order valence-corrected chi connectivity index (χ0v) is 8.93. The van der Waals surface area contributed by atoms with Gasteiger partial charge in [0.05, 0.1) is 20.4 Å². The van der Waals surface area contributed by atoms with E-state index >= 15 is 0 Å². The average Bonchev–Trinajstić information content (AvgIpc) is 2.69. The van der Waals surface area contributed by atoms with Crippen LogP contribution in [-0.4, -0.2) is 35.1 Å². The normalized spacial score (nSPS) is 12.3. The van der Waals surface area contributed by atoms with Crippen LogP contribution < -0.4 is 4.74 Å². The van der Waals surface area contributed by atoms with Crippen molar-refractivity contribution in [1.82, 2.24) is 9.78 Å². The Morgan fingerprint density at radius 3 is 2.80 bits per heavy atom. The summed E-state index contributed by atoms with van der Waals surface area (Å²) in [5, 5.41) is 13.7. The number of ether oxygens (including phenoxy) is 2. The molecule has 6 nitrogen and oxygen atoms in total. The number of hydrogen-bond acceptors (Lipinski definition) is 5. The Hall–Kier alpha value is -1.56. The molecule has 0 saturated carbocycles. The second-order valence-electron chi connectivity index (χ2n) is 2.84. The number of nitrogens with zero attached hydrogens (tertiary/aromatic N) is 2. The summed E-state index contributed by atoms with van der Waals surface area (Å²) in [5.41, 5.74) is 0.312. The zero-order valence-electron chi connectivity index (χ0n) is 8.93. The van der Waals surface area contributed by atoms with Crippen molar-refractivity contribution >= 4 is 5.97 Å². The van der Waals surface area contributed by atoms with E-state index in [1.807, 2.05) is 6.92 Å². The van der Waals surface area contributed by atoms with Crippen molar-refractivity contribution in [3.05, 3.63) is 11.9 Å². The quantitative estimate of drug-likeness (QED) is 0.720. The molecule has 1 atom stereocenters. The summed E-state index contributed by atoms with van der Waals surface area (Å²) in [7, 11) is 2.66. The molecule has 1 aromatic rings. The van der Waals surface area contributed by atoms with Gasteiger partial charge in [0.2, 0.25) is 0 Å². The topological polar surface area (TPSA) is 73.6 Å². The number of esters is 1. The highest BCUT2D eigenvalue weighted by atomic mass is 16.5. The maximum atomic E-state index is 11.2. The standard InChI is InChI=1S/C9H14N2O4/c1-4-11-7(6(14-2)5-10-11)8(12)9(13)15-3/h5,8,12H,4H2,1-3H3. The van der Waals surface area contributed by atoms with Crippen molar-refractivity contribution < 1.29 is 19.4 Å². The van der Waals surface area contributed by atoms with Crippen LogP contribution in [-0.2, 0) is 16.1 Å². The summed E-state index contributed by atoms with van der Waals surface area (Å²) < 4.78 is 10.9. The lowest BCUT2D eigenvalue weighted by Crippen LogP contribution is -2.18. The first kappa shape index (κ1) is 11.5. The van der Waals surface area contributed by atoms with E-state index in [0.29, 0.717) is 18.0 Å². The fraction of sp³-hybridized carbons (Fsp3) is 0.556. The van der Waals surface area contributed by atoms with Gasteiger partial charge in [0.1, 0.15) is 5.69 Å². The lowest BCUT2D eigenvalue weighted by Gasteiger charge is -2.11. The Kier molecular flexibility index (Phi) is 3.68. The van der Waals surface area contributed by atoms with Gasteiger partial charge in [-0.3, -0.25) is 4.68 Å². The average molecular weight is 214 g/mol. The summed E-state index contributed by atoms with van der Waals surface area (Å²) in [5.74, 6) is -0.363. The Balaban J connectivity index is 3.09.